The van der Waals surface area contributed by atoms with Crippen molar-refractivity contribution in [2.45, 2.75) is 18.9 Å². The standard InChI is InChI=1S/C13H17NO/c1-15-12-4-2-3-9-5-6-10-7-14-8-11(10)13(9)12/h2-3,5,12-14H,4,6-8H2,1H3/t12-,13+/m0/s1. The summed E-state index contributed by atoms with van der Waals surface area (Å²) in [6, 6.07) is 0. The van der Waals surface area contributed by atoms with Crippen molar-refractivity contribution < 1.29 is 4.74 Å². The van der Waals surface area contributed by atoms with E-state index in [-0.39, 0.29) is 0 Å². The Labute approximate surface area is 90.7 Å². The quantitative estimate of drug-likeness (QED) is 0.656. The van der Waals surface area contributed by atoms with Crippen molar-refractivity contribution >= 4 is 0 Å². The van der Waals surface area contributed by atoms with Crippen LogP contribution in [0, 0.1) is 5.92 Å². The SMILES string of the molecule is CO[C@H]1CC=CC2=CCC3=C(CNC3)[C@@H]21. The Morgan fingerprint density at radius 1 is 1.40 bits per heavy atom. The summed E-state index contributed by atoms with van der Waals surface area (Å²) in [6.07, 6.45) is 9.43. The van der Waals surface area contributed by atoms with Crippen LogP contribution < -0.4 is 5.32 Å². The van der Waals surface area contributed by atoms with Crippen LogP contribution in [-0.4, -0.2) is 26.3 Å². The van der Waals surface area contributed by atoms with Crippen molar-refractivity contribution in [2.24, 2.45) is 5.92 Å². The van der Waals surface area contributed by atoms with Gasteiger partial charge < -0.3 is 10.1 Å². The van der Waals surface area contributed by atoms with Crippen LogP contribution in [0.5, 0.6) is 0 Å². The zero-order valence-electron chi connectivity index (χ0n) is 9.12. The number of nitrogens with one attached hydrogen (secondary N) is 1. The van der Waals surface area contributed by atoms with E-state index >= 15 is 0 Å². The lowest BCUT2D eigenvalue weighted by atomic mass is 9.76. The molecule has 80 valence electrons. The molecule has 15 heavy (non-hydrogen) atoms. The van der Waals surface area contributed by atoms with Gasteiger partial charge in [-0.1, -0.05) is 23.8 Å². The predicted molar refractivity (Wildman–Crippen MR) is 60.6 cm³/mol. The second-order valence-corrected chi connectivity index (χ2v) is 4.53. The Morgan fingerprint density at radius 3 is 3.20 bits per heavy atom. The van der Waals surface area contributed by atoms with E-state index in [0.29, 0.717) is 12.0 Å². The van der Waals surface area contributed by atoms with Crippen LogP contribution in [0.25, 0.3) is 0 Å². The number of hydrogen-bond acceptors (Lipinski definition) is 2. The van der Waals surface area contributed by atoms with E-state index in [1.807, 2.05) is 7.11 Å². The second kappa shape index (κ2) is 3.62. The van der Waals surface area contributed by atoms with E-state index in [9.17, 15) is 0 Å². The van der Waals surface area contributed by atoms with Crippen molar-refractivity contribution in [2.75, 3.05) is 20.2 Å². The third-order valence-electron chi connectivity index (χ3n) is 3.78. The highest BCUT2D eigenvalue weighted by atomic mass is 16.5. The highest BCUT2D eigenvalue weighted by Crippen LogP contribution is 2.39. The summed E-state index contributed by atoms with van der Waals surface area (Å²) < 4.78 is 5.61. The first-order chi connectivity index (χ1) is 7.40. The van der Waals surface area contributed by atoms with Gasteiger partial charge >= 0.3 is 0 Å². The van der Waals surface area contributed by atoms with Crippen molar-refractivity contribution in [3.05, 3.63) is 34.9 Å². The monoisotopic (exact) mass is 203 g/mol. The van der Waals surface area contributed by atoms with Crippen molar-refractivity contribution in [3.63, 3.8) is 0 Å². The number of fused-ring (bicyclic) bond motifs is 2. The molecule has 0 aromatic heterocycles. The summed E-state index contributed by atoms with van der Waals surface area (Å²) in [6.45, 7) is 2.14. The summed E-state index contributed by atoms with van der Waals surface area (Å²) in [5.41, 5.74) is 4.67. The molecule has 2 aliphatic carbocycles. The predicted octanol–water partition coefficient (Wildman–Crippen LogP) is 1.81. The highest BCUT2D eigenvalue weighted by molar-refractivity contribution is 5.44. The topological polar surface area (TPSA) is 21.3 Å². The fourth-order valence-electron chi connectivity index (χ4n) is 3.01. The average molecular weight is 203 g/mol. The summed E-state index contributed by atoms with van der Waals surface area (Å²) >= 11 is 0. The van der Waals surface area contributed by atoms with Gasteiger partial charge in [0.1, 0.15) is 0 Å². The number of hydrogen-bond donors (Lipinski definition) is 1. The van der Waals surface area contributed by atoms with E-state index in [1.165, 1.54) is 5.57 Å². The molecule has 0 amide bonds. The highest BCUT2D eigenvalue weighted by Gasteiger charge is 2.34. The molecule has 1 aliphatic heterocycles. The number of ether oxygens (including phenoxy) is 1. The lowest BCUT2D eigenvalue weighted by Crippen LogP contribution is -2.30. The van der Waals surface area contributed by atoms with E-state index in [1.54, 1.807) is 11.1 Å². The molecular weight excluding hydrogens is 186 g/mol. The van der Waals surface area contributed by atoms with E-state index < -0.39 is 0 Å². The van der Waals surface area contributed by atoms with Crippen LogP contribution in [0.1, 0.15) is 12.8 Å². The Hall–Kier alpha value is -0.860. The summed E-state index contributed by atoms with van der Waals surface area (Å²) in [5, 5.41) is 3.45. The molecule has 0 spiro atoms. The molecule has 0 bridgehead atoms. The number of rotatable bonds is 1. The zero-order chi connectivity index (χ0) is 10.3. The summed E-state index contributed by atoms with van der Waals surface area (Å²) in [4.78, 5) is 0. The molecule has 1 heterocycles. The van der Waals surface area contributed by atoms with Gasteiger partial charge in [-0.05, 0) is 24.0 Å². The van der Waals surface area contributed by atoms with Crippen LogP contribution in [0.15, 0.2) is 34.9 Å². The Bertz CT molecular complexity index is 365. The second-order valence-electron chi connectivity index (χ2n) is 4.53. The fraction of sp³-hybridized carbons (Fsp3) is 0.538. The minimum atomic E-state index is 0.353. The van der Waals surface area contributed by atoms with Gasteiger partial charge in [0.05, 0.1) is 6.10 Å². The molecule has 0 saturated heterocycles. The average Bonchev–Trinajstić information content (AvgIpc) is 2.76. The maximum absolute atomic E-state index is 5.61. The third-order valence-corrected chi connectivity index (χ3v) is 3.78. The maximum Gasteiger partial charge on any atom is 0.0712 e. The van der Waals surface area contributed by atoms with E-state index in [4.69, 9.17) is 4.74 Å². The van der Waals surface area contributed by atoms with Gasteiger partial charge in [-0.3, -0.25) is 0 Å². The van der Waals surface area contributed by atoms with Crippen molar-refractivity contribution in [3.8, 4) is 0 Å². The van der Waals surface area contributed by atoms with Gasteiger partial charge in [0, 0.05) is 26.1 Å². The lowest BCUT2D eigenvalue weighted by molar-refractivity contribution is 0.0757. The maximum atomic E-state index is 5.61. The van der Waals surface area contributed by atoms with Gasteiger partial charge in [0.25, 0.3) is 0 Å². The number of allylic oxidation sites excluding steroid dienone is 2. The minimum absolute atomic E-state index is 0.353. The summed E-state index contributed by atoms with van der Waals surface area (Å²) in [7, 11) is 1.83. The molecular formula is C13H17NO. The Balaban J connectivity index is 1.99. The zero-order valence-corrected chi connectivity index (χ0v) is 9.12. The van der Waals surface area contributed by atoms with E-state index in [0.717, 1.165) is 25.9 Å². The molecule has 0 aromatic rings. The smallest absolute Gasteiger partial charge is 0.0712 e. The molecule has 0 unspecified atom stereocenters. The van der Waals surface area contributed by atoms with Gasteiger partial charge in [-0.15, -0.1) is 0 Å². The normalized spacial score (nSPS) is 33.8. The van der Waals surface area contributed by atoms with E-state index in [2.05, 4.69) is 23.5 Å². The molecule has 0 aromatic carbocycles. The molecule has 2 heteroatoms. The lowest BCUT2D eigenvalue weighted by Gasteiger charge is -2.33. The minimum Gasteiger partial charge on any atom is -0.380 e. The largest absolute Gasteiger partial charge is 0.380 e. The van der Waals surface area contributed by atoms with Crippen LogP contribution >= 0.6 is 0 Å². The third kappa shape index (κ3) is 1.40. The Morgan fingerprint density at radius 2 is 2.33 bits per heavy atom. The first-order valence-electron chi connectivity index (χ1n) is 5.71. The summed E-state index contributed by atoms with van der Waals surface area (Å²) in [5.74, 6) is 0.527. The molecule has 1 N–H and O–H groups in total. The van der Waals surface area contributed by atoms with Crippen LogP contribution in [0.2, 0.25) is 0 Å². The molecule has 3 rings (SSSR count). The van der Waals surface area contributed by atoms with Crippen LogP contribution in [-0.2, 0) is 4.74 Å². The number of methoxy groups -OCH3 is 1. The Kier molecular flexibility index (Phi) is 2.26. The van der Waals surface area contributed by atoms with Crippen molar-refractivity contribution in [1.29, 1.82) is 0 Å². The fourth-order valence-corrected chi connectivity index (χ4v) is 3.01. The molecule has 0 saturated carbocycles. The first kappa shape index (κ1) is 9.37. The molecule has 2 atom stereocenters. The molecule has 3 aliphatic rings. The van der Waals surface area contributed by atoms with Gasteiger partial charge in [0.2, 0.25) is 0 Å². The van der Waals surface area contributed by atoms with Crippen LogP contribution in [0.4, 0.5) is 0 Å². The van der Waals surface area contributed by atoms with Crippen molar-refractivity contribution in [1.82, 2.24) is 5.32 Å². The van der Waals surface area contributed by atoms with Crippen LogP contribution in [0.3, 0.4) is 0 Å². The molecule has 2 nitrogen and oxygen atoms in total. The van der Waals surface area contributed by atoms with Gasteiger partial charge in [-0.25, -0.2) is 0 Å². The molecule has 0 radical (unpaired) electrons. The molecule has 0 fully saturated rings. The van der Waals surface area contributed by atoms with Gasteiger partial charge in [0.15, 0.2) is 0 Å². The first-order valence-corrected chi connectivity index (χ1v) is 5.71. The van der Waals surface area contributed by atoms with Gasteiger partial charge in [-0.2, -0.15) is 0 Å².